The van der Waals surface area contributed by atoms with Crippen molar-refractivity contribution in [2.45, 2.75) is 0 Å². The van der Waals surface area contributed by atoms with Crippen LogP contribution in [0.5, 0.6) is 0 Å². The first-order valence-electron chi connectivity index (χ1n) is 9.41. The van der Waals surface area contributed by atoms with E-state index in [1.807, 2.05) is 30.8 Å². The predicted molar refractivity (Wildman–Crippen MR) is 113 cm³/mol. The van der Waals surface area contributed by atoms with Crippen molar-refractivity contribution in [1.29, 1.82) is 10.5 Å². The molecule has 0 atom stereocenters. The summed E-state index contributed by atoms with van der Waals surface area (Å²) in [4.78, 5) is 18.1. The van der Waals surface area contributed by atoms with E-state index in [0.29, 0.717) is 22.8 Å². The molecule has 0 aromatic carbocycles. The molecule has 3 heterocycles. The molecular weight excluding hydrogens is 372 g/mol. The van der Waals surface area contributed by atoms with Crippen molar-refractivity contribution < 1.29 is 0 Å². The van der Waals surface area contributed by atoms with Gasteiger partial charge in [0.1, 0.15) is 18.0 Å². The lowest BCUT2D eigenvalue weighted by Crippen LogP contribution is -2.51. The molecular formula is C19H26N8S. The number of likely N-dealkylation sites (N-methyl/N-ethyl adjacent to an activating group) is 1. The van der Waals surface area contributed by atoms with Gasteiger partial charge in [0.15, 0.2) is 5.82 Å². The minimum Gasteiger partial charge on any atom is -0.354 e. The number of pyridine rings is 1. The average Bonchev–Trinajstić information content (AvgIpc) is 2.72. The van der Waals surface area contributed by atoms with Crippen molar-refractivity contribution in [3.05, 3.63) is 17.2 Å². The van der Waals surface area contributed by atoms with Crippen molar-refractivity contribution >= 4 is 29.4 Å². The smallest absolute Gasteiger partial charge is 0.202 e. The van der Waals surface area contributed by atoms with Crippen LogP contribution in [0.1, 0.15) is 11.1 Å². The molecule has 0 unspecified atom stereocenters. The van der Waals surface area contributed by atoms with Gasteiger partial charge in [0.2, 0.25) is 5.96 Å². The lowest BCUT2D eigenvalue weighted by molar-refractivity contribution is 0.203. The Morgan fingerprint density at radius 3 is 2.29 bits per heavy atom. The standard InChI is InChI=1S/C19H26N8S/c1-24(2)19(27-6-4-25(3)5-7-27)23-17-15(13-20)12-16(14-21)18(22-17)26-8-10-28-11-9-26/h12H,4-11H2,1-3H3. The summed E-state index contributed by atoms with van der Waals surface area (Å²) in [6, 6.07) is 5.99. The maximum atomic E-state index is 9.62. The normalized spacial score (nSPS) is 18.5. The van der Waals surface area contributed by atoms with E-state index in [2.05, 4.69) is 33.9 Å². The van der Waals surface area contributed by atoms with E-state index in [4.69, 9.17) is 9.98 Å². The van der Waals surface area contributed by atoms with Crippen molar-refractivity contribution in [3.8, 4) is 12.1 Å². The third-order valence-corrected chi connectivity index (χ3v) is 5.87. The van der Waals surface area contributed by atoms with Crippen molar-refractivity contribution in [3.63, 3.8) is 0 Å². The van der Waals surface area contributed by atoms with Gasteiger partial charge in [-0.2, -0.15) is 27.3 Å². The van der Waals surface area contributed by atoms with Gasteiger partial charge in [-0.05, 0) is 13.1 Å². The molecule has 0 spiro atoms. The molecule has 0 radical (unpaired) electrons. The average molecular weight is 399 g/mol. The Balaban J connectivity index is 2.01. The van der Waals surface area contributed by atoms with Gasteiger partial charge in [-0.1, -0.05) is 0 Å². The molecule has 2 fully saturated rings. The van der Waals surface area contributed by atoms with Crippen LogP contribution in [-0.2, 0) is 0 Å². The fraction of sp³-hybridized carbons (Fsp3) is 0.579. The van der Waals surface area contributed by atoms with Crippen LogP contribution in [-0.4, -0.2) is 97.6 Å². The van der Waals surface area contributed by atoms with E-state index in [0.717, 1.165) is 56.7 Å². The molecule has 8 nitrogen and oxygen atoms in total. The summed E-state index contributed by atoms with van der Waals surface area (Å²) in [5.41, 5.74) is 0.772. The third kappa shape index (κ3) is 4.49. The number of hydrogen-bond donors (Lipinski definition) is 0. The number of rotatable bonds is 2. The van der Waals surface area contributed by atoms with E-state index < -0.39 is 0 Å². The van der Waals surface area contributed by atoms with Gasteiger partial charge < -0.3 is 19.6 Å². The molecule has 2 aliphatic heterocycles. The molecule has 1 aromatic rings. The van der Waals surface area contributed by atoms with Crippen LogP contribution in [0.4, 0.5) is 11.6 Å². The van der Waals surface area contributed by atoms with Crippen LogP contribution in [0, 0.1) is 22.7 Å². The van der Waals surface area contributed by atoms with Crippen LogP contribution < -0.4 is 4.90 Å². The molecule has 3 rings (SSSR count). The zero-order valence-corrected chi connectivity index (χ0v) is 17.5. The second-order valence-corrected chi connectivity index (χ2v) is 8.38. The van der Waals surface area contributed by atoms with Crippen molar-refractivity contribution in [2.24, 2.45) is 4.99 Å². The van der Waals surface area contributed by atoms with E-state index in [1.54, 1.807) is 6.07 Å². The SMILES string of the molecule is CN1CCN(C(=Nc2nc(N3CCSCC3)c(C#N)cc2C#N)N(C)C)CC1. The molecule has 9 heteroatoms. The predicted octanol–water partition coefficient (Wildman–Crippen LogP) is 1.17. The Bertz CT molecular complexity index is 808. The van der Waals surface area contributed by atoms with Crippen molar-refractivity contribution in [2.75, 3.05) is 76.8 Å². The minimum absolute atomic E-state index is 0.333. The number of thioether (sulfide) groups is 1. The maximum absolute atomic E-state index is 9.62. The first-order valence-corrected chi connectivity index (χ1v) is 10.6. The van der Waals surface area contributed by atoms with E-state index >= 15 is 0 Å². The van der Waals surface area contributed by atoms with Gasteiger partial charge in [-0.3, -0.25) is 0 Å². The van der Waals surface area contributed by atoms with Gasteiger partial charge in [0, 0.05) is 64.9 Å². The largest absolute Gasteiger partial charge is 0.354 e. The number of guanidine groups is 1. The quantitative estimate of drug-likeness (QED) is 0.542. The second-order valence-electron chi connectivity index (χ2n) is 7.15. The summed E-state index contributed by atoms with van der Waals surface area (Å²) in [5.74, 6) is 3.83. The lowest BCUT2D eigenvalue weighted by Gasteiger charge is -2.36. The van der Waals surface area contributed by atoms with Crippen LogP contribution in [0.25, 0.3) is 0 Å². The Morgan fingerprint density at radius 1 is 1.07 bits per heavy atom. The Labute approximate surface area is 171 Å². The van der Waals surface area contributed by atoms with Gasteiger partial charge in [-0.15, -0.1) is 0 Å². The Kier molecular flexibility index (Phi) is 6.61. The van der Waals surface area contributed by atoms with Gasteiger partial charge in [0.05, 0.1) is 11.1 Å². The van der Waals surface area contributed by atoms with Crippen LogP contribution in [0.15, 0.2) is 11.1 Å². The molecule has 2 saturated heterocycles. The Morgan fingerprint density at radius 2 is 1.71 bits per heavy atom. The number of piperazine rings is 1. The van der Waals surface area contributed by atoms with Crippen molar-refractivity contribution in [1.82, 2.24) is 19.7 Å². The van der Waals surface area contributed by atoms with Gasteiger partial charge in [0.25, 0.3) is 0 Å². The van der Waals surface area contributed by atoms with Gasteiger partial charge >= 0.3 is 0 Å². The van der Waals surface area contributed by atoms with E-state index in [-0.39, 0.29) is 0 Å². The number of nitrogens with zero attached hydrogens (tertiary/aromatic N) is 8. The molecule has 2 aliphatic rings. The summed E-state index contributed by atoms with van der Waals surface area (Å²) in [7, 11) is 6.02. The molecule has 148 valence electrons. The summed E-state index contributed by atoms with van der Waals surface area (Å²) in [6.07, 6.45) is 0. The highest BCUT2D eigenvalue weighted by Gasteiger charge is 2.22. The molecule has 0 saturated carbocycles. The lowest BCUT2D eigenvalue weighted by atomic mass is 10.2. The zero-order chi connectivity index (χ0) is 20.1. The summed E-state index contributed by atoms with van der Waals surface area (Å²) in [5, 5.41) is 19.2. The highest BCUT2D eigenvalue weighted by atomic mass is 32.2. The first-order chi connectivity index (χ1) is 13.5. The highest BCUT2D eigenvalue weighted by molar-refractivity contribution is 7.99. The molecule has 0 amide bonds. The molecule has 0 bridgehead atoms. The number of nitriles is 2. The van der Waals surface area contributed by atoms with Crippen LogP contribution >= 0.6 is 11.8 Å². The zero-order valence-electron chi connectivity index (χ0n) is 16.7. The molecule has 1 aromatic heterocycles. The molecule has 0 aliphatic carbocycles. The molecule has 28 heavy (non-hydrogen) atoms. The maximum Gasteiger partial charge on any atom is 0.202 e. The fourth-order valence-electron chi connectivity index (χ4n) is 3.31. The van der Waals surface area contributed by atoms with E-state index in [1.165, 1.54) is 0 Å². The minimum atomic E-state index is 0.333. The van der Waals surface area contributed by atoms with Crippen LogP contribution in [0.2, 0.25) is 0 Å². The highest BCUT2D eigenvalue weighted by Crippen LogP contribution is 2.28. The second kappa shape index (κ2) is 9.13. The van der Waals surface area contributed by atoms with Gasteiger partial charge in [-0.25, -0.2) is 4.98 Å². The topological polar surface area (TPSA) is 85.8 Å². The number of aromatic nitrogens is 1. The third-order valence-electron chi connectivity index (χ3n) is 4.93. The molecule has 0 N–H and O–H groups in total. The first kappa shape index (κ1) is 20.2. The monoisotopic (exact) mass is 398 g/mol. The number of aliphatic imine (C=N–C) groups is 1. The number of anilines is 1. The number of hydrogen-bond acceptors (Lipinski definition) is 7. The summed E-state index contributed by atoms with van der Waals surface area (Å²) in [6.45, 7) is 5.38. The summed E-state index contributed by atoms with van der Waals surface area (Å²) >= 11 is 1.90. The van der Waals surface area contributed by atoms with E-state index in [9.17, 15) is 10.5 Å². The Hall–Kier alpha value is -2.49. The summed E-state index contributed by atoms with van der Waals surface area (Å²) < 4.78 is 0. The van der Waals surface area contributed by atoms with Crippen LogP contribution in [0.3, 0.4) is 0 Å². The fourth-order valence-corrected chi connectivity index (χ4v) is 4.22.